The van der Waals surface area contributed by atoms with Crippen molar-refractivity contribution < 1.29 is 0 Å². The molecule has 22 heavy (non-hydrogen) atoms. The van der Waals surface area contributed by atoms with Crippen LogP contribution in [0.5, 0.6) is 0 Å². The monoisotopic (exact) mass is 332 g/mol. The van der Waals surface area contributed by atoms with E-state index in [1.807, 2.05) is 22.7 Å². The molecule has 0 amide bonds. The molecule has 2 aromatic heterocycles. The number of nitrogens with one attached hydrogen (secondary N) is 2. The quantitative estimate of drug-likeness (QED) is 0.840. The van der Waals surface area contributed by atoms with Crippen molar-refractivity contribution >= 4 is 22.7 Å². The van der Waals surface area contributed by atoms with Crippen LogP contribution in [0.15, 0.2) is 35.0 Å². The number of hydrogen-bond acceptors (Lipinski definition) is 4. The van der Waals surface area contributed by atoms with Gasteiger partial charge in [-0.25, -0.2) is 0 Å². The lowest BCUT2D eigenvalue weighted by Crippen LogP contribution is -2.60. The first kappa shape index (κ1) is 14.9. The number of piperidine rings is 2. The van der Waals surface area contributed by atoms with E-state index < -0.39 is 0 Å². The fourth-order valence-electron chi connectivity index (χ4n) is 4.29. The van der Waals surface area contributed by atoms with E-state index in [-0.39, 0.29) is 0 Å². The molecule has 0 saturated carbocycles. The highest BCUT2D eigenvalue weighted by Gasteiger charge is 2.41. The van der Waals surface area contributed by atoms with Crippen LogP contribution in [0, 0.1) is 11.8 Å². The van der Waals surface area contributed by atoms with Gasteiger partial charge < -0.3 is 0 Å². The van der Waals surface area contributed by atoms with E-state index in [4.69, 9.17) is 0 Å². The minimum Gasteiger partial charge on any atom is -0.298 e. The largest absolute Gasteiger partial charge is 0.298 e. The fourth-order valence-corrected chi connectivity index (χ4v) is 6.15. The topological polar surface area (TPSA) is 24.1 Å². The Bertz CT molecular complexity index is 538. The molecule has 6 atom stereocenters. The number of hydrogen-bond donors (Lipinski definition) is 2. The summed E-state index contributed by atoms with van der Waals surface area (Å²) in [4.78, 5) is 3.03. The van der Waals surface area contributed by atoms with Crippen LogP contribution < -0.4 is 10.6 Å². The molecular formula is C18H24N2S2. The van der Waals surface area contributed by atoms with Gasteiger partial charge in [-0.05, 0) is 54.5 Å². The summed E-state index contributed by atoms with van der Waals surface area (Å²) in [6.45, 7) is 4.76. The van der Waals surface area contributed by atoms with Gasteiger partial charge in [0.15, 0.2) is 0 Å². The van der Waals surface area contributed by atoms with Crippen LogP contribution >= 0.6 is 22.7 Å². The van der Waals surface area contributed by atoms with Gasteiger partial charge in [0.1, 0.15) is 0 Å². The second-order valence-corrected chi connectivity index (χ2v) is 8.88. The molecule has 2 nitrogen and oxygen atoms in total. The van der Waals surface area contributed by atoms with Crippen molar-refractivity contribution in [3.05, 3.63) is 44.8 Å². The molecule has 2 aromatic rings. The highest BCUT2D eigenvalue weighted by Crippen LogP contribution is 2.43. The third kappa shape index (κ3) is 2.67. The molecule has 0 radical (unpaired) electrons. The predicted molar refractivity (Wildman–Crippen MR) is 95.5 cm³/mol. The van der Waals surface area contributed by atoms with E-state index in [1.54, 1.807) is 4.88 Å². The Hall–Kier alpha value is -0.680. The van der Waals surface area contributed by atoms with Gasteiger partial charge in [-0.2, -0.15) is 0 Å². The third-order valence-corrected chi connectivity index (χ3v) is 7.39. The van der Waals surface area contributed by atoms with Gasteiger partial charge in [0.2, 0.25) is 0 Å². The Labute approximate surface area is 141 Å². The van der Waals surface area contributed by atoms with Crippen molar-refractivity contribution in [1.82, 2.24) is 10.6 Å². The molecule has 2 saturated heterocycles. The fraction of sp³-hybridized carbons (Fsp3) is 0.556. The normalized spacial score (nSPS) is 38.6. The summed E-state index contributed by atoms with van der Waals surface area (Å²) < 4.78 is 0. The third-order valence-electron chi connectivity index (χ3n) is 5.44. The molecule has 2 N–H and O–H groups in total. The maximum atomic E-state index is 3.91. The maximum absolute atomic E-state index is 3.91. The minimum absolute atomic E-state index is 0.467. The molecule has 4 heteroatoms. The lowest BCUT2D eigenvalue weighted by atomic mass is 9.74. The summed E-state index contributed by atoms with van der Waals surface area (Å²) >= 11 is 3.80. The van der Waals surface area contributed by atoms with Gasteiger partial charge >= 0.3 is 0 Å². The molecule has 6 unspecified atom stereocenters. The number of thiophene rings is 2. The lowest BCUT2D eigenvalue weighted by molar-refractivity contribution is 0.0905. The molecule has 2 aliphatic rings. The molecule has 0 aromatic carbocycles. The van der Waals surface area contributed by atoms with E-state index >= 15 is 0 Å². The molecule has 118 valence electrons. The van der Waals surface area contributed by atoms with Crippen LogP contribution in [0.1, 0.15) is 48.4 Å². The van der Waals surface area contributed by atoms with Crippen LogP contribution in [0.3, 0.4) is 0 Å². The zero-order chi connectivity index (χ0) is 15.1. The molecule has 0 spiro atoms. The van der Waals surface area contributed by atoms with Crippen molar-refractivity contribution in [3.8, 4) is 0 Å². The molecule has 0 bridgehead atoms. The molecule has 2 fully saturated rings. The van der Waals surface area contributed by atoms with Crippen LogP contribution in [-0.4, -0.2) is 12.2 Å². The smallest absolute Gasteiger partial charge is 0.0608 e. The second-order valence-electron chi connectivity index (χ2n) is 6.92. The van der Waals surface area contributed by atoms with E-state index in [0.717, 1.165) is 5.92 Å². The standard InChI is InChI=1S/C18H24N2S2/c1-11-9-13-10-14(15-5-3-7-21-15)12(2)19-18(13)20-17(11)16-6-4-8-22-16/h3-8,11-14,17-20H,9-10H2,1-2H3. The summed E-state index contributed by atoms with van der Waals surface area (Å²) in [5.41, 5.74) is 0. The molecule has 2 aliphatic heterocycles. The van der Waals surface area contributed by atoms with Crippen LogP contribution in [0.25, 0.3) is 0 Å². The van der Waals surface area contributed by atoms with Gasteiger partial charge in [-0.3, -0.25) is 10.6 Å². The number of fused-ring (bicyclic) bond motifs is 1. The van der Waals surface area contributed by atoms with Crippen LogP contribution in [-0.2, 0) is 0 Å². The van der Waals surface area contributed by atoms with E-state index in [9.17, 15) is 0 Å². The van der Waals surface area contributed by atoms with Gasteiger partial charge in [0, 0.05) is 27.8 Å². The Balaban J connectivity index is 1.51. The van der Waals surface area contributed by atoms with Crippen molar-refractivity contribution in [1.29, 1.82) is 0 Å². The minimum atomic E-state index is 0.467. The maximum Gasteiger partial charge on any atom is 0.0608 e. The van der Waals surface area contributed by atoms with Gasteiger partial charge in [0.25, 0.3) is 0 Å². The predicted octanol–water partition coefficient (Wildman–Crippen LogP) is 4.59. The van der Waals surface area contributed by atoms with Crippen molar-refractivity contribution in [2.45, 2.75) is 50.9 Å². The number of rotatable bonds is 2. The van der Waals surface area contributed by atoms with E-state index in [0.29, 0.717) is 30.1 Å². The van der Waals surface area contributed by atoms with Gasteiger partial charge in [-0.1, -0.05) is 19.1 Å². The van der Waals surface area contributed by atoms with Gasteiger partial charge in [-0.15, -0.1) is 22.7 Å². The SMILES string of the molecule is CC1CC2CC(c3cccs3)C(C)NC2NC1c1cccs1. The first-order valence-electron chi connectivity index (χ1n) is 8.31. The first-order chi connectivity index (χ1) is 10.7. The molecule has 4 rings (SSSR count). The first-order valence-corrected chi connectivity index (χ1v) is 10.1. The van der Waals surface area contributed by atoms with E-state index in [2.05, 4.69) is 59.5 Å². The summed E-state index contributed by atoms with van der Waals surface area (Å²) in [7, 11) is 0. The zero-order valence-corrected chi connectivity index (χ0v) is 14.8. The zero-order valence-electron chi connectivity index (χ0n) is 13.2. The second kappa shape index (κ2) is 6.08. The Morgan fingerprint density at radius 2 is 1.68 bits per heavy atom. The summed E-state index contributed by atoms with van der Waals surface area (Å²) in [5.74, 6) is 2.13. The van der Waals surface area contributed by atoms with Gasteiger partial charge in [0.05, 0.1) is 6.17 Å². The van der Waals surface area contributed by atoms with Crippen molar-refractivity contribution in [2.75, 3.05) is 0 Å². The summed E-state index contributed by atoms with van der Waals surface area (Å²) in [6.07, 6.45) is 3.10. The Kier molecular flexibility index (Phi) is 4.11. The average Bonchev–Trinajstić information content (AvgIpc) is 3.20. The Morgan fingerprint density at radius 3 is 2.36 bits per heavy atom. The highest BCUT2D eigenvalue weighted by atomic mass is 32.1. The average molecular weight is 333 g/mol. The summed E-state index contributed by atoms with van der Waals surface area (Å²) in [6, 6.07) is 10.0. The van der Waals surface area contributed by atoms with Crippen molar-refractivity contribution in [2.24, 2.45) is 11.8 Å². The highest BCUT2D eigenvalue weighted by molar-refractivity contribution is 7.10. The van der Waals surface area contributed by atoms with Crippen molar-refractivity contribution in [3.63, 3.8) is 0 Å². The molecule has 4 heterocycles. The molecular weight excluding hydrogens is 308 g/mol. The summed E-state index contributed by atoms with van der Waals surface area (Å²) in [5, 5.41) is 12.2. The van der Waals surface area contributed by atoms with E-state index in [1.165, 1.54) is 17.7 Å². The lowest BCUT2D eigenvalue weighted by Gasteiger charge is -2.48. The Morgan fingerprint density at radius 1 is 0.955 bits per heavy atom. The van der Waals surface area contributed by atoms with Crippen LogP contribution in [0.4, 0.5) is 0 Å². The molecule has 0 aliphatic carbocycles. The van der Waals surface area contributed by atoms with Crippen LogP contribution in [0.2, 0.25) is 0 Å².